The lowest BCUT2D eigenvalue weighted by molar-refractivity contribution is 0.0936. The number of rotatable bonds is 8. The van der Waals surface area contributed by atoms with Gasteiger partial charge in [-0.25, -0.2) is 13.1 Å². The molecule has 7 heteroatoms. The predicted octanol–water partition coefficient (Wildman–Crippen LogP) is 1.06. The number of ether oxygens (including phenoxy) is 1. The summed E-state index contributed by atoms with van der Waals surface area (Å²) in [5.41, 5.74) is 1.07. The SMILES string of the molecule is CCCNS(=O)(=O)c1ccc(C)c(C(=O)NCCOC)c1. The van der Waals surface area contributed by atoms with E-state index in [1.807, 2.05) is 6.92 Å². The fraction of sp³-hybridized carbons (Fsp3) is 0.500. The normalized spacial score (nSPS) is 11.4. The average molecular weight is 314 g/mol. The van der Waals surface area contributed by atoms with Crippen molar-refractivity contribution in [2.75, 3.05) is 26.8 Å². The molecular weight excluding hydrogens is 292 g/mol. The van der Waals surface area contributed by atoms with Crippen LogP contribution >= 0.6 is 0 Å². The molecule has 0 aliphatic heterocycles. The Balaban J connectivity index is 2.97. The van der Waals surface area contributed by atoms with Gasteiger partial charge in [0.1, 0.15) is 0 Å². The van der Waals surface area contributed by atoms with E-state index >= 15 is 0 Å². The molecular formula is C14H22N2O4S. The van der Waals surface area contributed by atoms with Gasteiger partial charge in [0.15, 0.2) is 0 Å². The summed E-state index contributed by atoms with van der Waals surface area (Å²) >= 11 is 0. The maximum atomic E-state index is 12.1. The van der Waals surface area contributed by atoms with Gasteiger partial charge in [-0.15, -0.1) is 0 Å². The van der Waals surface area contributed by atoms with Crippen LogP contribution in [0.5, 0.6) is 0 Å². The number of hydrogen-bond acceptors (Lipinski definition) is 4. The summed E-state index contributed by atoms with van der Waals surface area (Å²) in [4.78, 5) is 12.1. The van der Waals surface area contributed by atoms with E-state index in [-0.39, 0.29) is 10.8 Å². The highest BCUT2D eigenvalue weighted by Crippen LogP contribution is 2.15. The molecule has 0 unspecified atom stereocenters. The summed E-state index contributed by atoms with van der Waals surface area (Å²) in [6.07, 6.45) is 0.704. The number of sulfonamides is 1. The first-order valence-electron chi connectivity index (χ1n) is 6.79. The van der Waals surface area contributed by atoms with Crippen LogP contribution in [-0.4, -0.2) is 41.1 Å². The molecule has 0 fully saturated rings. The Labute approximate surface area is 125 Å². The third-order valence-corrected chi connectivity index (χ3v) is 4.36. The molecule has 0 heterocycles. The molecule has 6 nitrogen and oxygen atoms in total. The van der Waals surface area contributed by atoms with Crippen LogP contribution in [0.15, 0.2) is 23.1 Å². The van der Waals surface area contributed by atoms with Gasteiger partial charge in [-0.3, -0.25) is 4.79 Å². The van der Waals surface area contributed by atoms with Gasteiger partial charge in [0.25, 0.3) is 5.91 Å². The largest absolute Gasteiger partial charge is 0.383 e. The first-order valence-corrected chi connectivity index (χ1v) is 8.28. The lowest BCUT2D eigenvalue weighted by atomic mass is 10.1. The molecule has 0 aliphatic rings. The lowest BCUT2D eigenvalue weighted by Gasteiger charge is -2.10. The van der Waals surface area contributed by atoms with E-state index in [9.17, 15) is 13.2 Å². The molecule has 0 atom stereocenters. The van der Waals surface area contributed by atoms with Crippen LogP contribution in [0.25, 0.3) is 0 Å². The first kappa shape index (κ1) is 17.6. The number of amides is 1. The maximum Gasteiger partial charge on any atom is 0.251 e. The van der Waals surface area contributed by atoms with Gasteiger partial charge in [0.2, 0.25) is 10.0 Å². The standard InChI is InChI=1S/C14H22N2O4S/c1-4-7-16-21(18,19)12-6-5-11(2)13(10-12)14(17)15-8-9-20-3/h5-6,10,16H,4,7-9H2,1-3H3,(H,15,17). The minimum atomic E-state index is -3.58. The molecule has 1 amide bonds. The summed E-state index contributed by atoms with van der Waals surface area (Å²) in [5.74, 6) is -0.308. The molecule has 0 bridgehead atoms. The molecule has 1 aromatic rings. The van der Waals surface area contributed by atoms with Crippen LogP contribution < -0.4 is 10.0 Å². The summed E-state index contributed by atoms with van der Waals surface area (Å²) < 4.78 is 31.5. The Morgan fingerprint density at radius 2 is 2.00 bits per heavy atom. The third kappa shape index (κ3) is 5.11. The topological polar surface area (TPSA) is 84.5 Å². The van der Waals surface area contributed by atoms with Gasteiger partial charge in [0, 0.05) is 25.8 Å². The number of hydrogen-bond donors (Lipinski definition) is 2. The number of benzene rings is 1. The molecule has 118 valence electrons. The zero-order valence-electron chi connectivity index (χ0n) is 12.6. The molecule has 0 saturated heterocycles. The van der Waals surface area contributed by atoms with Gasteiger partial charge in [-0.1, -0.05) is 13.0 Å². The van der Waals surface area contributed by atoms with Crippen LogP contribution in [0.3, 0.4) is 0 Å². The van der Waals surface area contributed by atoms with E-state index in [2.05, 4.69) is 10.0 Å². The van der Waals surface area contributed by atoms with Crippen molar-refractivity contribution in [2.24, 2.45) is 0 Å². The van der Waals surface area contributed by atoms with Crippen molar-refractivity contribution in [2.45, 2.75) is 25.2 Å². The van der Waals surface area contributed by atoms with Crippen LogP contribution in [0.4, 0.5) is 0 Å². The van der Waals surface area contributed by atoms with E-state index in [4.69, 9.17) is 4.74 Å². The highest BCUT2D eigenvalue weighted by Gasteiger charge is 2.17. The number of carbonyl (C=O) groups excluding carboxylic acids is 1. The minimum Gasteiger partial charge on any atom is -0.383 e. The molecule has 0 saturated carbocycles. The second-order valence-corrected chi connectivity index (χ2v) is 6.39. The maximum absolute atomic E-state index is 12.1. The quantitative estimate of drug-likeness (QED) is 0.703. The minimum absolute atomic E-state index is 0.0958. The number of methoxy groups -OCH3 is 1. The lowest BCUT2D eigenvalue weighted by Crippen LogP contribution is -2.28. The summed E-state index contributed by atoms with van der Waals surface area (Å²) in [6.45, 7) is 4.79. The summed E-state index contributed by atoms with van der Waals surface area (Å²) in [6, 6.07) is 4.53. The summed E-state index contributed by atoms with van der Waals surface area (Å²) in [5, 5.41) is 2.68. The molecule has 2 N–H and O–H groups in total. The second kappa shape index (κ2) is 8.11. The molecule has 0 aromatic heterocycles. The molecule has 21 heavy (non-hydrogen) atoms. The monoisotopic (exact) mass is 314 g/mol. The van der Waals surface area contributed by atoms with Crippen molar-refractivity contribution in [1.29, 1.82) is 0 Å². The first-order chi connectivity index (χ1) is 9.92. The smallest absolute Gasteiger partial charge is 0.251 e. The van der Waals surface area contributed by atoms with E-state index in [0.29, 0.717) is 31.7 Å². The van der Waals surface area contributed by atoms with E-state index in [1.165, 1.54) is 12.1 Å². The number of aryl methyl sites for hydroxylation is 1. The van der Waals surface area contributed by atoms with Gasteiger partial charge < -0.3 is 10.1 Å². The highest BCUT2D eigenvalue weighted by molar-refractivity contribution is 7.89. The Kier molecular flexibility index (Phi) is 6.80. The van der Waals surface area contributed by atoms with E-state index in [0.717, 1.165) is 5.56 Å². The number of nitrogens with one attached hydrogen (secondary N) is 2. The Morgan fingerprint density at radius 3 is 2.62 bits per heavy atom. The van der Waals surface area contributed by atoms with Gasteiger partial charge in [-0.2, -0.15) is 0 Å². The Bertz CT molecular complexity index is 585. The van der Waals surface area contributed by atoms with Crippen LogP contribution in [0.1, 0.15) is 29.3 Å². The Hall–Kier alpha value is -1.44. The fourth-order valence-electron chi connectivity index (χ4n) is 1.69. The van der Waals surface area contributed by atoms with Crippen molar-refractivity contribution >= 4 is 15.9 Å². The molecule has 0 radical (unpaired) electrons. The van der Waals surface area contributed by atoms with Gasteiger partial charge in [0.05, 0.1) is 11.5 Å². The van der Waals surface area contributed by atoms with Crippen molar-refractivity contribution in [1.82, 2.24) is 10.0 Å². The molecule has 0 aliphatic carbocycles. The van der Waals surface area contributed by atoms with Crippen LogP contribution in [0, 0.1) is 6.92 Å². The van der Waals surface area contributed by atoms with Crippen LogP contribution in [-0.2, 0) is 14.8 Å². The van der Waals surface area contributed by atoms with Gasteiger partial charge in [-0.05, 0) is 31.0 Å². The molecule has 1 aromatic carbocycles. The number of carbonyl (C=O) groups is 1. The van der Waals surface area contributed by atoms with Crippen molar-refractivity contribution in [3.8, 4) is 0 Å². The molecule has 0 spiro atoms. The summed E-state index contributed by atoms with van der Waals surface area (Å²) in [7, 11) is -2.03. The second-order valence-electron chi connectivity index (χ2n) is 4.62. The third-order valence-electron chi connectivity index (χ3n) is 2.90. The highest BCUT2D eigenvalue weighted by atomic mass is 32.2. The zero-order chi connectivity index (χ0) is 15.9. The van der Waals surface area contributed by atoms with E-state index < -0.39 is 10.0 Å². The fourth-order valence-corrected chi connectivity index (χ4v) is 2.85. The van der Waals surface area contributed by atoms with Crippen molar-refractivity contribution < 1.29 is 17.9 Å². The van der Waals surface area contributed by atoms with Crippen molar-refractivity contribution in [3.63, 3.8) is 0 Å². The van der Waals surface area contributed by atoms with Crippen LogP contribution in [0.2, 0.25) is 0 Å². The molecule has 1 rings (SSSR count). The Morgan fingerprint density at radius 1 is 1.29 bits per heavy atom. The predicted molar refractivity (Wildman–Crippen MR) is 80.9 cm³/mol. The van der Waals surface area contributed by atoms with Gasteiger partial charge >= 0.3 is 0 Å². The average Bonchev–Trinajstić information content (AvgIpc) is 2.45. The van der Waals surface area contributed by atoms with Crippen molar-refractivity contribution in [3.05, 3.63) is 29.3 Å². The zero-order valence-corrected chi connectivity index (χ0v) is 13.4. The van der Waals surface area contributed by atoms with E-state index in [1.54, 1.807) is 20.1 Å².